The summed E-state index contributed by atoms with van der Waals surface area (Å²) in [6.07, 6.45) is 12.7. The van der Waals surface area contributed by atoms with E-state index in [1.807, 2.05) is 6.92 Å². The van der Waals surface area contributed by atoms with Gasteiger partial charge in [0.1, 0.15) is 17.4 Å². The minimum Gasteiger partial charge on any atom is -0.511 e. The molecule has 160 valence electrons. The van der Waals surface area contributed by atoms with Gasteiger partial charge in [-0.2, -0.15) is 0 Å². The number of nitrogens with one attached hydrogen (secondary N) is 1. The van der Waals surface area contributed by atoms with Crippen molar-refractivity contribution in [2.75, 3.05) is 0 Å². The second-order valence-corrected chi connectivity index (χ2v) is 9.38. The van der Waals surface area contributed by atoms with Crippen molar-refractivity contribution >= 4 is 11.7 Å². The lowest BCUT2D eigenvalue weighted by Crippen LogP contribution is -2.45. The van der Waals surface area contributed by atoms with Crippen LogP contribution in [0.15, 0.2) is 35.6 Å². The lowest BCUT2D eigenvalue weighted by molar-refractivity contribution is -0.118. The average Bonchev–Trinajstić information content (AvgIpc) is 2.97. The number of fused-ring (bicyclic) bond motifs is 1. The van der Waals surface area contributed by atoms with Gasteiger partial charge in [-0.3, -0.25) is 9.59 Å². The molecule has 3 N–H and O–H groups in total. The van der Waals surface area contributed by atoms with Crippen LogP contribution in [0, 0.1) is 29.1 Å². The van der Waals surface area contributed by atoms with Crippen molar-refractivity contribution in [1.82, 2.24) is 5.32 Å². The van der Waals surface area contributed by atoms with Gasteiger partial charge in [0.15, 0.2) is 5.78 Å². The smallest absolute Gasteiger partial charge is 0.259 e. The zero-order chi connectivity index (χ0) is 21.3. The first-order valence-electron chi connectivity index (χ1n) is 11.0. The van der Waals surface area contributed by atoms with E-state index in [0.29, 0.717) is 11.8 Å². The fourth-order valence-electron chi connectivity index (χ4n) is 5.48. The van der Waals surface area contributed by atoms with Crippen LogP contribution in [0.5, 0.6) is 0 Å². The Kier molecular flexibility index (Phi) is 6.37. The molecule has 3 rings (SSSR count). The monoisotopic (exact) mass is 401 g/mol. The van der Waals surface area contributed by atoms with Crippen molar-refractivity contribution in [3.8, 4) is 0 Å². The maximum absolute atomic E-state index is 12.9. The fourth-order valence-corrected chi connectivity index (χ4v) is 5.48. The van der Waals surface area contributed by atoms with Crippen LogP contribution in [-0.4, -0.2) is 34.0 Å². The predicted octanol–water partition coefficient (Wildman–Crippen LogP) is 3.85. The first-order valence-corrected chi connectivity index (χ1v) is 11.0. The lowest BCUT2D eigenvalue weighted by atomic mass is 9.54. The molecule has 29 heavy (non-hydrogen) atoms. The van der Waals surface area contributed by atoms with Crippen molar-refractivity contribution in [1.29, 1.82) is 0 Å². The van der Waals surface area contributed by atoms with Crippen molar-refractivity contribution < 1.29 is 19.8 Å². The van der Waals surface area contributed by atoms with E-state index < -0.39 is 29.3 Å². The normalized spacial score (nSPS) is 40.1. The molecular weight excluding hydrogens is 366 g/mol. The number of ketones is 1. The van der Waals surface area contributed by atoms with E-state index in [0.717, 1.165) is 32.1 Å². The summed E-state index contributed by atoms with van der Waals surface area (Å²) in [7, 11) is 0. The predicted molar refractivity (Wildman–Crippen MR) is 113 cm³/mol. The molecule has 1 saturated carbocycles. The van der Waals surface area contributed by atoms with Gasteiger partial charge in [-0.25, -0.2) is 0 Å². The van der Waals surface area contributed by atoms with E-state index in [4.69, 9.17) is 0 Å². The van der Waals surface area contributed by atoms with Crippen LogP contribution in [0.1, 0.15) is 59.8 Å². The van der Waals surface area contributed by atoms with Gasteiger partial charge in [-0.1, -0.05) is 57.9 Å². The van der Waals surface area contributed by atoms with Crippen LogP contribution in [0.25, 0.3) is 0 Å². The first-order chi connectivity index (χ1) is 13.7. The highest BCUT2D eigenvalue weighted by atomic mass is 16.3. The summed E-state index contributed by atoms with van der Waals surface area (Å²) < 4.78 is 0. The third kappa shape index (κ3) is 3.81. The van der Waals surface area contributed by atoms with Crippen LogP contribution in [0.4, 0.5) is 0 Å². The number of aliphatic hydroxyl groups is 2. The number of aliphatic hydroxyl groups excluding tert-OH is 2. The molecule has 1 saturated heterocycles. The molecular formula is C24H35NO4. The molecule has 5 nitrogen and oxygen atoms in total. The van der Waals surface area contributed by atoms with Crippen LogP contribution in [-0.2, 0) is 9.59 Å². The number of Topliss-reactive ketones (excluding diaryl/α,β-unsaturated/α-hetero) is 1. The van der Waals surface area contributed by atoms with E-state index in [1.54, 1.807) is 0 Å². The zero-order valence-electron chi connectivity index (χ0n) is 18.0. The quantitative estimate of drug-likeness (QED) is 0.283. The van der Waals surface area contributed by atoms with Gasteiger partial charge in [0, 0.05) is 11.3 Å². The number of hydrogen-bond acceptors (Lipinski definition) is 4. The molecule has 0 bridgehead atoms. The second kappa shape index (κ2) is 8.47. The Labute approximate surface area is 174 Å². The Balaban J connectivity index is 2.08. The molecule has 0 aromatic heterocycles. The summed E-state index contributed by atoms with van der Waals surface area (Å²) in [4.78, 5) is 25.5. The summed E-state index contributed by atoms with van der Waals surface area (Å²) in [6, 6.07) is -0.987. The molecule has 7 atom stereocenters. The van der Waals surface area contributed by atoms with E-state index in [-0.39, 0.29) is 23.2 Å². The molecule has 0 spiro atoms. The lowest BCUT2D eigenvalue weighted by Gasteiger charge is -2.50. The standard InChI is InChI=1S/C24H35NO4/c1-5-6-7-8-17-11-10-16-13-14(2)9-12-18(16)24(17,4)22(28)19-21(27)20(15(3)26)25-23(19)29/h7-8,10-11,14-18,20,26,28H,5-6,9,12-13H2,1-4H3,(H,25,29)/b8-7+,22-19-/t14-,15?,16-,17-,18-,20+,24-/m1/s1. The summed E-state index contributed by atoms with van der Waals surface area (Å²) in [5, 5.41) is 23.9. The van der Waals surface area contributed by atoms with Crippen molar-refractivity contribution in [2.24, 2.45) is 29.1 Å². The van der Waals surface area contributed by atoms with Crippen molar-refractivity contribution in [3.63, 3.8) is 0 Å². The summed E-state index contributed by atoms with van der Waals surface area (Å²) in [6.45, 7) is 7.86. The minimum absolute atomic E-state index is 0.0811. The Bertz CT molecular complexity index is 750. The van der Waals surface area contributed by atoms with E-state index >= 15 is 0 Å². The Morgan fingerprint density at radius 3 is 2.69 bits per heavy atom. The minimum atomic E-state index is -1.00. The maximum Gasteiger partial charge on any atom is 0.259 e. The van der Waals surface area contributed by atoms with Gasteiger partial charge in [0.2, 0.25) is 0 Å². The number of rotatable bonds is 5. The Morgan fingerprint density at radius 2 is 2.07 bits per heavy atom. The number of hydrogen-bond donors (Lipinski definition) is 3. The second-order valence-electron chi connectivity index (χ2n) is 9.38. The van der Waals surface area contributed by atoms with Crippen LogP contribution in [0.2, 0.25) is 0 Å². The molecule has 1 heterocycles. The largest absolute Gasteiger partial charge is 0.511 e. The SMILES string of the molecule is CCC/C=C/[C@@H]1C=C[C@@H]2C[C@H](C)CC[C@H]2[C@]1(C)/C(O)=C1/C(=O)N[C@@H](C(C)O)C1=O. The van der Waals surface area contributed by atoms with Gasteiger partial charge in [0.25, 0.3) is 5.91 Å². The van der Waals surface area contributed by atoms with Crippen molar-refractivity contribution in [3.05, 3.63) is 35.6 Å². The molecule has 5 heteroatoms. The molecule has 1 amide bonds. The van der Waals surface area contributed by atoms with Crippen molar-refractivity contribution in [2.45, 2.75) is 71.9 Å². The molecule has 2 aliphatic carbocycles. The van der Waals surface area contributed by atoms with Gasteiger partial charge < -0.3 is 15.5 Å². The van der Waals surface area contributed by atoms with Crippen LogP contribution < -0.4 is 5.32 Å². The molecule has 2 fully saturated rings. The Morgan fingerprint density at radius 1 is 1.34 bits per heavy atom. The van der Waals surface area contributed by atoms with Gasteiger partial charge >= 0.3 is 0 Å². The fraction of sp³-hybridized carbons (Fsp3) is 0.667. The van der Waals surface area contributed by atoms with Gasteiger partial charge in [0.05, 0.1) is 6.10 Å². The first kappa shape index (κ1) is 21.8. The molecule has 0 radical (unpaired) electrons. The summed E-state index contributed by atoms with van der Waals surface area (Å²) in [5.41, 5.74) is -0.889. The Hall–Kier alpha value is -1.88. The number of amides is 1. The van der Waals surface area contributed by atoms with Crippen LogP contribution in [0.3, 0.4) is 0 Å². The average molecular weight is 402 g/mol. The van der Waals surface area contributed by atoms with E-state index in [2.05, 4.69) is 43.5 Å². The molecule has 0 aromatic rings. The third-order valence-electron chi connectivity index (χ3n) is 7.26. The number of carbonyl (C=O) groups is 2. The topological polar surface area (TPSA) is 86.6 Å². The molecule has 1 aliphatic heterocycles. The van der Waals surface area contributed by atoms with Gasteiger partial charge in [-0.05, 0) is 43.9 Å². The zero-order valence-corrected chi connectivity index (χ0v) is 18.0. The number of allylic oxidation sites excluding steroid dienone is 5. The molecule has 1 unspecified atom stereocenters. The van der Waals surface area contributed by atoms with Crippen LogP contribution >= 0.6 is 0 Å². The highest BCUT2D eigenvalue weighted by molar-refractivity contribution is 6.27. The van der Waals surface area contributed by atoms with E-state index in [9.17, 15) is 19.8 Å². The molecule has 3 aliphatic rings. The molecule has 0 aromatic carbocycles. The van der Waals surface area contributed by atoms with E-state index in [1.165, 1.54) is 6.92 Å². The summed E-state index contributed by atoms with van der Waals surface area (Å²) >= 11 is 0. The third-order valence-corrected chi connectivity index (χ3v) is 7.26. The highest BCUT2D eigenvalue weighted by Gasteiger charge is 2.53. The maximum atomic E-state index is 12.9. The van der Waals surface area contributed by atoms with Gasteiger partial charge in [-0.15, -0.1) is 0 Å². The summed E-state index contributed by atoms with van der Waals surface area (Å²) in [5.74, 6) is -0.150. The number of carbonyl (C=O) groups excluding carboxylic acids is 2. The number of unbranched alkanes of at least 4 members (excludes halogenated alkanes) is 1. The highest BCUT2D eigenvalue weighted by Crippen LogP contribution is 2.56.